The average molecular weight is 294 g/mol. The van der Waals surface area contributed by atoms with E-state index >= 15 is 0 Å². The van der Waals surface area contributed by atoms with Crippen LogP contribution in [0.25, 0.3) is 10.9 Å². The van der Waals surface area contributed by atoms with E-state index in [-0.39, 0.29) is 6.23 Å². The molecular formula is C19H22N2O. The van der Waals surface area contributed by atoms with Crippen molar-refractivity contribution in [3.05, 3.63) is 35.5 Å². The van der Waals surface area contributed by atoms with E-state index in [2.05, 4.69) is 40.7 Å². The van der Waals surface area contributed by atoms with Gasteiger partial charge >= 0.3 is 0 Å². The Kier molecular flexibility index (Phi) is 2.08. The second kappa shape index (κ2) is 3.77. The number of hydrogen-bond acceptors (Lipinski definition) is 2. The summed E-state index contributed by atoms with van der Waals surface area (Å²) in [5, 5.41) is 1.47. The first-order valence-electron chi connectivity index (χ1n) is 8.85. The van der Waals surface area contributed by atoms with Gasteiger partial charge < -0.3 is 9.30 Å². The molecule has 0 spiro atoms. The lowest BCUT2D eigenvalue weighted by molar-refractivity contribution is -0.0698. The Morgan fingerprint density at radius 2 is 2.18 bits per heavy atom. The Bertz CT molecular complexity index is 794. The highest BCUT2D eigenvalue weighted by molar-refractivity contribution is 5.86. The first-order chi connectivity index (χ1) is 10.8. The van der Waals surface area contributed by atoms with Crippen LogP contribution in [0.5, 0.6) is 0 Å². The van der Waals surface area contributed by atoms with E-state index in [9.17, 15) is 0 Å². The molecule has 3 heteroatoms. The van der Waals surface area contributed by atoms with Crippen LogP contribution in [0.2, 0.25) is 0 Å². The topological polar surface area (TPSA) is 17.4 Å². The predicted octanol–water partition coefficient (Wildman–Crippen LogP) is 3.64. The molecule has 22 heavy (non-hydrogen) atoms. The van der Waals surface area contributed by atoms with Crippen LogP contribution in [0.15, 0.2) is 24.3 Å². The van der Waals surface area contributed by atoms with E-state index in [4.69, 9.17) is 4.74 Å². The predicted molar refractivity (Wildman–Crippen MR) is 85.8 cm³/mol. The second-order valence-electron chi connectivity index (χ2n) is 7.60. The molecule has 1 aromatic heterocycles. The van der Waals surface area contributed by atoms with Gasteiger partial charge in [0.2, 0.25) is 0 Å². The highest BCUT2D eigenvalue weighted by atomic mass is 16.5. The van der Waals surface area contributed by atoms with E-state index in [1.54, 1.807) is 11.3 Å². The molecule has 0 saturated carbocycles. The lowest BCUT2D eigenvalue weighted by Gasteiger charge is -2.53. The monoisotopic (exact) mass is 294 g/mol. The zero-order chi connectivity index (χ0) is 14.5. The summed E-state index contributed by atoms with van der Waals surface area (Å²) in [4.78, 5) is 2.77. The number of para-hydroxylation sites is 1. The van der Waals surface area contributed by atoms with Gasteiger partial charge in [0.15, 0.2) is 0 Å². The van der Waals surface area contributed by atoms with Gasteiger partial charge in [-0.05, 0) is 30.9 Å². The fourth-order valence-corrected chi connectivity index (χ4v) is 6.13. The van der Waals surface area contributed by atoms with Crippen LogP contribution in [-0.4, -0.2) is 28.7 Å². The summed E-state index contributed by atoms with van der Waals surface area (Å²) in [5.41, 5.74) is 4.98. The maximum Gasteiger partial charge on any atom is 0.135 e. The summed E-state index contributed by atoms with van der Waals surface area (Å²) in [6.07, 6.45) is 5.62. The van der Waals surface area contributed by atoms with Crippen molar-refractivity contribution in [1.82, 2.24) is 9.47 Å². The molecular weight excluding hydrogens is 272 g/mol. The average Bonchev–Trinajstić information content (AvgIpc) is 3.08. The molecule has 6 rings (SSSR count). The minimum atomic E-state index is 0.271. The molecule has 2 bridgehead atoms. The van der Waals surface area contributed by atoms with E-state index in [1.807, 2.05) is 0 Å². The van der Waals surface area contributed by atoms with Gasteiger partial charge in [0, 0.05) is 36.0 Å². The molecule has 0 amide bonds. The molecule has 4 aliphatic heterocycles. The van der Waals surface area contributed by atoms with Crippen molar-refractivity contribution in [3.8, 4) is 0 Å². The Labute approximate surface area is 130 Å². The third-order valence-electron chi connectivity index (χ3n) is 7.02. The Hall–Kier alpha value is -1.32. The van der Waals surface area contributed by atoms with Gasteiger partial charge in [-0.2, -0.15) is 0 Å². The highest BCUT2D eigenvalue weighted by Gasteiger charge is 2.62. The smallest absolute Gasteiger partial charge is 0.135 e. The Morgan fingerprint density at radius 3 is 3.09 bits per heavy atom. The van der Waals surface area contributed by atoms with Gasteiger partial charge in [-0.1, -0.05) is 25.1 Å². The molecule has 5 heterocycles. The van der Waals surface area contributed by atoms with Crippen LogP contribution < -0.4 is 0 Å². The third kappa shape index (κ3) is 1.14. The summed E-state index contributed by atoms with van der Waals surface area (Å²) in [5.74, 6) is 0. The molecule has 2 saturated heterocycles. The van der Waals surface area contributed by atoms with Gasteiger partial charge in [-0.25, -0.2) is 0 Å². The summed E-state index contributed by atoms with van der Waals surface area (Å²) < 4.78 is 9.18. The zero-order valence-electron chi connectivity index (χ0n) is 13.1. The number of aromatic nitrogens is 1. The molecule has 1 aromatic carbocycles. The van der Waals surface area contributed by atoms with Crippen molar-refractivity contribution < 1.29 is 4.74 Å². The molecule has 0 N–H and O–H groups in total. The fraction of sp³-hybridized carbons (Fsp3) is 0.579. The third-order valence-corrected chi connectivity index (χ3v) is 7.02. The maximum atomic E-state index is 6.61. The summed E-state index contributed by atoms with van der Waals surface area (Å²) >= 11 is 0. The number of rotatable bonds is 1. The lowest BCUT2D eigenvalue weighted by Crippen LogP contribution is -2.54. The molecule has 0 unspecified atom stereocenters. The largest absolute Gasteiger partial charge is 0.354 e. The van der Waals surface area contributed by atoms with Crippen molar-refractivity contribution >= 4 is 10.9 Å². The van der Waals surface area contributed by atoms with Crippen LogP contribution in [0, 0.1) is 5.41 Å². The van der Waals surface area contributed by atoms with Crippen molar-refractivity contribution in [1.29, 1.82) is 0 Å². The molecule has 0 radical (unpaired) electrons. The van der Waals surface area contributed by atoms with Crippen LogP contribution in [0.1, 0.15) is 49.7 Å². The van der Waals surface area contributed by atoms with Crippen molar-refractivity contribution in [2.24, 2.45) is 5.41 Å². The number of hydrogen-bond donors (Lipinski definition) is 0. The summed E-state index contributed by atoms with van der Waals surface area (Å²) in [7, 11) is 0. The zero-order valence-corrected chi connectivity index (χ0v) is 13.1. The quantitative estimate of drug-likeness (QED) is 0.799. The van der Waals surface area contributed by atoms with Gasteiger partial charge in [-0.3, -0.25) is 4.90 Å². The van der Waals surface area contributed by atoms with Crippen LogP contribution >= 0.6 is 0 Å². The van der Waals surface area contributed by atoms with Crippen LogP contribution in [-0.2, 0) is 11.2 Å². The second-order valence-corrected chi connectivity index (χ2v) is 7.60. The van der Waals surface area contributed by atoms with Gasteiger partial charge in [0.1, 0.15) is 6.23 Å². The first-order valence-corrected chi connectivity index (χ1v) is 8.85. The summed E-state index contributed by atoms with van der Waals surface area (Å²) in [6.45, 7) is 4.82. The van der Waals surface area contributed by atoms with Crippen LogP contribution in [0.4, 0.5) is 0 Å². The van der Waals surface area contributed by atoms with Crippen LogP contribution in [0.3, 0.4) is 0 Å². The number of piperidine rings is 1. The lowest BCUT2D eigenvalue weighted by atomic mass is 9.64. The Morgan fingerprint density at radius 1 is 1.27 bits per heavy atom. The Balaban J connectivity index is 1.75. The fourth-order valence-electron chi connectivity index (χ4n) is 6.13. The molecule has 114 valence electrons. The van der Waals surface area contributed by atoms with E-state index in [0.29, 0.717) is 17.6 Å². The van der Waals surface area contributed by atoms with E-state index in [0.717, 1.165) is 0 Å². The van der Waals surface area contributed by atoms with E-state index < -0.39 is 0 Å². The highest BCUT2D eigenvalue weighted by Crippen LogP contribution is 2.64. The first kappa shape index (κ1) is 12.1. The number of ether oxygens (including phenoxy) is 1. The normalized spacial score (nSPS) is 38.7. The van der Waals surface area contributed by atoms with Crippen molar-refractivity contribution in [3.63, 3.8) is 0 Å². The molecule has 4 atom stereocenters. The van der Waals surface area contributed by atoms with Gasteiger partial charge in [-0.15, -0.1) is 0 Å². The minimum Gasteiger partial charge on any atom is -0.354 e. The molecule has 2 aromatic rings. The standard InChI is InChI=1S/C19H22N2O/c1-2-19-11-16-21-14-6-4-3-5-12(14)13-7-9-20(18(19)17(13)21)10-8-15(19)22-16/h3-6,15-16,18H,2,7-11H2,1H3/t15-,16+,18-,19-/m1/s1. The number of benzene rings is 1. The molecule has 4 aliphatic rings. The molecule has 3 nitrogen and oxygen atoms in total. The SMILES string of the molecule is CC[C@@]12C[C@@H]3O[C@@H]1CCN1CCc4c(n3c3ccccc43)[C@@H]12. The molecule has 2 fully saturated rings. The number of fused-ring (bicyclic) bond motifs is 5. The maximum absolute atomic E-state index is 6.61. The van der Waals surface area contributed by atoms with Gasteiger partial charge in [0.25, 0.3) is 0 Å². The summed E-state index contributed by atoms with van der Waals surface area (Å²) in [6, 6.07) is 9.57. The van der Waals surface area contributed by atoms with Crippen molar-refractivity contribution in [2.45, 2.75) is 51.0 Å². The number of nitrogens with zero attached hydrogens (tertiary/aromatic N) is 2. The van der Waals surface area contributed by atoms with Gasteiger partial charge in [0.05, 0.1) is 17.7 Å². The van der Waals surface area contributed by atoms with E-state index in [1.165, 1.54) is 49.7 Å². The van der Waals surface area contributed by atoms with Crippen molar-refractivity contribution in [2.75, 3.05) is 13.1 Å². The molecule has 0 aliphatic carbocycles. The minimum absolute atomic E-state index is 0.271.